The highest BCUT2D eigenvalue weighted by molar-refractivity contribution is 6.04. The van der Waals surface area contributed by atoms with Gasteiger partial charge in [-0.1, -0.05) is 12.1 Å². The number of hydrogen-bond acceptors (Lipinski definition) is 5. The topological polar surface area (TPSA) is 71.2 Å². The number of rotatable bonds is 4. The van der Waals surface area contributed by atoms with E-state index in [-0.39, 0.29) is 17.1 Å². The van der Waals surface area contributed by atoms with Crippen molar-refractivity contribution in [2.45, 2.75) is 38.2 Å². The summed E-state index contributed by atoms with van der Waals surface area (Å²) in [5.74, 6) is 0.336. The zero-order valence-electron chi connectivity index (χ0n) is 17.8. The predicted octanol–water partition coefficient (Wildman–Crippen LogP) is 4.68. The van der Waals surface area contributed by atoms with E-state index < -0.39 is 18.3 Å². The van der Waals surface area contributed by atoms with Crippen LogP contribution in [0.3, 0.4) is 0 Å². The molecule has 7 nitrogen and oxygen atoms in total. The normalized spacial score (nSPS) is 17.0. The van der Waals surface area contributed by atoms with Crippen molar-refractivity contribution in [3.63, 3.8) is 0 Å². The summed E-state index contributed by atoms with van der Waals surface area (Å²) in [4.78, 5) is 17.4. The second-order valence-corrected chi connectivity index (χ2v) is 7.97. The number of aromatic nitrogens is 4. The standard InChI is InChI=1S/C23H21F3N4O3/c1-32-21-15(5-4-9-27-21)14-7-8-16-18(11-14)29(13-23(24,25)26)22(31)17-12-28-30(20(16)17)19-6-2-3-10-33-19/h4-5,7-9,11-12,19H,2-3,6,10,13H2,1H3. The van der Waals surface area contributed by atoms with E-state index in [0.717, 1.165) is 23.8 Å². The predicted molar refractivity (Wildman–Crippen MR) is 116 cm³/mol. The Morgan fingerprint density at radius 1 is 1.21 bits per heavy atom. The Kier molecular flexibility index (Phi) is 5.32. The fraction of sp³-hybridized carbons (Fsp3) is 0.348. The van der Waals surface area contributed by atoms with Gasteiger partial charge in [0, 0.05) is 23.8 Å². The average Bonchev–Trinajstić information content (AvgIpc) is 3.27. The van der Waals surface area contributed by atoms with Crippen molar-refractivity contribution in [3.05, 3.63) is 53.1 Å². The van der Waals surface area contributed by atoms with Gasteiger partial charge in [0.25, 0.3) is 5.56 Å². The lowest BCUT2D eigenvalue weighted by molar-refractivity contribution is -0.140. The van der Waals surface area contributed by atoms with Crippen LogP contribution in [-0.2, 0) is 11.3 Å². The molecule has 1 unspecified atom stereocenters. The molecule has 172 valence electrons. The van der Waals surface area contributed by atoms with Crippen LogP contribution in [0, 0.1) is 0 Å². The summed E-state index contributed by atoms with van der Waals surface area (Å²) < 4.78 is 53.9. The molecular formula is C23H21F3N4O3. The molecule has 33 heavy (non-hydrogen) atoms. The quantitative estimate of drug-likeness (QED) is 0.444. The Hall–Kier alpha value is -3.40. The van der Waals surface area contributed by atoms with E-state index in [4.69, 9.17) is 9.47 Å². The molecule has 10 heteroatoms. The molecule has 3 aromatic heterocycles. The van der Waals surface area contributed by atoms with Crippen molar-refractivity contribution >= 4 is 21.8 Å². The van der Waals surface area contributed by atoms with Crippen LogP contribution in [0.5, 0.6) is 5.88 Å². The summed E-state index contributed by atoms with van der Waals surface area (Å²) in [6.45, 7) is -0.836. The van der Waals surface area contributed by atoms with Gasteiger partial charge >= 0.3 is 6.18 Å². The van der Waals surface area contributed by atoms with Gasteiger partial charge in [0.2, 0.25) is 5.88 Å². The number of ether oxygens (including phenoxy) is 2. The SMILES string of the molecule is COc1ncccc1-c1ccc2c3c(cnn3C3CCCCO3)c(=O)n(CC(F)(F)F)c2c1. The van der Waals surface area contributed by atoms with Gasteiger partial charge in [-0.15, -0.1) is 0 Å². The number of benzene rings is 1. The minimum absolute atomic E-state index is 0.132. The lowest BCUT2D eigenvalue weighted by Gasteiger charge is -2.24. The minimum Gasteiger partial charge on any atom is -0.481 e. The third-order valence-electron chi connectivity index (χ3n) is 5.86. The van der Waals surface area contributed by atoms with E-state index >= 15 is 0 Å². The van der Waals surface area contributed by atoms with E-state index in [0.29, 0.717) is 34.5 Å². The first kappa shape index (κ1) is 21.4. The number of halogens is 3. The molecule has 0 bridgehead atoms. The number of nitrogens with zero attached hydrogens (tertiary/aromatic N) is 4. The van der Waals surface area contributed by atoms with Gasteiger partial charge in [0.15, 0.2) is 6.23 Å². The largest absolute Gasteiger partial charge is 0.481 e. The zero-order chi connectivity index (χ0) is 23.2. The number of fused-ring (bicyclic) bond motifs is 3. The number of methoxy groups -OCH3 is 1. The van der Waals surface area contributed by atoms with Gasteiger partial charge in [-0.3, -0.25) is 9.36 Å². The molecule has 4 heterocycles. The van der Waals surface area contributed by atoms with E-state index in [1.807, 2.05) is 0 Å². The molecule has 0 aliphatic carbocycles. The Morgan fingerprint density at radius 3 is 2.79 bits per heavy atom. The molecular weight excluding hydrogens is 437 g/mol. The van der Waals surface area contributed by atoms with E-state index in [9.17, 15) is 18.0 Å². The molecule has 1 fully saturated rings. The second kappa shape index (κ2) is 8.18. The summed E-state index contributed by atoms with van der Waals surface area (Å²) in [6, 6.07) is 8.54. The minimum atomic E-state index is -4.57. The second-order valence-electron chi connectivity index (χ2n) is 7.97. The summed E-state index contributed by atoms with van der Waals surface area (Å²) >= 11 is 0. The first-order valence-electron chi connectivity index (χ1n) is 10.6. The summed E-state index contributed by atoms with van der Waals surface area (Å²) in [6.07, 6.45) is 0.555. The summed E-state index contributed by atoms with van der Waals surface area (Å²) in [5.41, 5.74) is 1.09. The molecule has 4 aromatic rings. The number of hydrogen-bond donors (Lipinski definition) is 0. The van der Waals surface area contributed by atoms with Crippen LogP contribution in [0.25, 0.3) is 32.9 Å². The molecule has 1 atom stereocenters. The first-order chi connectivity index (χ1) is 15.9. The van der Waals surface area contributed by atoms with E-state index in [1.54, 1.807) is 41.2 Å². The summed E-state index contributed by atoms with van der Waals surface area (Å²) in [5, 5.41) is 4.97. The molecule has 0 saturated carbocycles. The van der Waals surface area contributed by atoms with Crippen molar-refractivity contribution in [1.29, 1.82) is 0 Å². The monoisotopic (exact) mass is 458 g/mol. The fourth-order valence-electron chi connectivity index (χ4n) is 4.41. The Labute approximate surface area is 186 Å². The van der Waals surface area contributed by atoms with Crippen molar-refractivity contribution in [3.8, 4) is 17.0 Å². The molecule has 5 rings (SSSR count). The van der Waals surface area contributed by atoms with Gasteiger partial charge in [-0.05, 0) is 43.0 Å². The lowest BCUT2D eigenvalue weighted by Crippen LogP contribution is -2.29. The lowest BCUT2D eigenvalue weighted by atomic mass is 10.0. The van der Waals surface area contributed by atoms with Crippen LogP contribution in [0.2, 0.25) is 0 Å². The zero-order valence-corrected chi connectivity index (χ0v) is 17.8. The van der Waals surface area contributed by atoms with E-state index in [1.165, 1.54) is 13.3 Å². The Balaban J connectivity index is 1.81. The van der Waals surface area contributed by atoms with Crippen molar-refractivity contribution in [1.82, 2.24) is 19.3 Å². The smallest absolute Gasteiger partial charge is 0.406 e. The molecule has 0 spiro atoms. The molecule has 1 aliphatic rings. The maximum atomic E-state index is 13.5. The molecule has 0 amide bonds. The van der Waals surface area contributed by atoms with Crippen LogP contribution in [0.4, 0.5) is 13.2 Å². The van der Waals surface area contributed by atoms with Gasteiger partial charge in [0.1, 0.15) is 6.54 Å². The highest BCUT2D eigenvalue weighted by atomic mass is 19.4. The third-order valence-corrected chi connectivity index (χ3v) is 5.86. The van der Waals surface area contributed by atoms with Crippen LogP contribution in [-0.4, -0.2) is 39.2 Å². The van der Waals surface area contributed by atoms with Gasteiger partial charge in [0.05, 0.1) is 29.7 Å². The van der Waals surface area contributed by atoms with Gasteiger partial charge in [-0.25, -0.2) is 9.67 Å². The first-order valence-corrected chi connectivity index (χ1v) is 10.6. The van der Waals surface area contributed by atoms with Crippen molar-refractivity contribution < 1.29 is 22.6 Å². The van der Waals surface area contributed by atoms with Crippen LogP contribution in [0.15, 0.2) is 47.5 Å². The summed E-state index contributed by atoms with van der Waals surface area (Å²) in [7, 11) is 1.47. The van der Waals surface area contributed by atoms with E-state index in [2.05, 4.69) is 10.1 Å². The van der Waals surface area contributed by atoms with Gasteiger partial charge < -0.3 is 9.47 Å². The van der Waals surface area contributed by atoms with Crippen molar-refractivity contribution in [2.24, 2.45) is 0 Å². The highest BCUT2D eigenvalue weighted by Gasteiger charge is 2.31. The average molecular weight is 458 g/mol. The molecule has 1 aliphatic heterocycles. The van der Waals surface area contributed by atoms with Gasteiger partial charge in [-0.2, -0.15) is 18.3 Å². The Bertz CT molecular complexity index is 1390. The number of alkyl halides is 3. The van der Waals surface area contributed by atoms with Crippen LogP contribution < -0.4 is 10.3 Å². The van der Waals surface area contributed by atoms with Crippen LogP contribution >= 0.6 is 0 Å². The maximum absolute atomic E-state index is 13.5. The third kappa shape index (κ3) is 3.84. The molecule has 1 aromatic carbocycles. The Morgan fingerprint density at radius 2 is 2.06 bits per heavy atom. The number of pyridine rings is 2. The maximum Gasteiger partial charge on any atom is 0.406 e. The molecule has 0 radical (unpaired) electrons. The highest BCUT2D eigenvalue weighted by Crippen LogP contribution is 2.34. The fourth-order valence-corrected chi connectivity index (χ4v) is 4.41. The molecule has 1 saturated heterocycles. The van der Waals surface area contributed by atoms with Crippen molar-refractivity contribution in [2.75, 3.05) is 13.7 Å². The van der Waals surface area contributed by atoms with Crippen LogP contribution in [0.1, 0.15) is 25.5 Å². The molecule has 0 N–H and O–H groups in total.